The van der Waals surface area contributed by atoms with Gasteiger partial charge < -0.3 is 9.84 Å². The topological polar surface area (TPSA) is 58.4 Å². The van der Waals surface area contributed by atoms with Crippen LogP contribution in [0.3, 0.4) is 0 Å². The number of fused-ring (bicyclic) bond motifs is 1. The summed E-state index contributed by atoms with van der Waals surface area (Å²) in [7, 11) is 0. The molecule has 0 aliphatic carbocycles. The van der Waals surface area contributed by atoms with E-state index in [1.54, 1.807) is 11.3 Å². The molecule has 1 amide bonds. The van der Waals surface area contributed by atoms with Crippen molar-refractivity contribution in [2.24, 2.45) is 5.92 Å². The Labute approximate surface area is 144 Å². The molecule has 1 fully saturated rings. The van der Waals surface area contributed by atoms with Crippen LogP contribution in [0.4, 0.5) is 0 Å². The minimum atomic E-state index is -0.181. The summed E-state index contributed by atoms with van der Waals surface area (Å²) >= 11 is 1.74. The Morgan fingerprint density at radius 3 is 3.17 bits per heavy atom. The van der Waals surface area contributed by atoms with E-state index in [1.165, 1.54) is 5.56 Å². The second kappa shape index (κ2) is 6.75. The Bertz CT molecular complexity index is 828. The summed E-state index contributed by atoms with van der Waals surface area (Å²) in [6.45, 7) is 3.78. The fourth-order valence-electron chi connectivity index (χ4n) is 3.23. The van der Waals surface area contributed by atoms with E-state index in [1.807, 2.05) is 24.3 Å². The van der Waals surface area contributed by atoms with Crippen LogP contribution in [0.15, 0.2) is 45.6 Å². The Morgan fingerprint density at radius 2 is 2.29 bits per heavy atom. The monoisotopic (exact) mass is 341 g/mol. The van der Waals surface area contributed by atoms with Crippen molar-refractivity contribution < 1.29 is 9.32 Å². The van der Waals surface area contributed by atoms with Crippen molar-refractivity contribution >= 4 is 28.1 Å². The van der Waals surface area contributed by atoms with Crippen LogP contribution in [-0.4, -0.2) is 35.6 Å². The molecule has 24 heavy (non-hydrogen) atoms. The summed E-state index contributed by atoms with van der Waals surface area (Å²) in [5.74, 6) is 0.612. The third kappa shape index (κ3) is 3.20. The van der Waals surface area contributed by atoms with Gasteiger partial charge in [0.2, 0.25) is 5.76 Å². The van der Waals surface area contributed by atoms with Crippen LogP contribution in [0.2, 0.25) is 0 Å². The largest absolute Gasteiger partial charge is 0.350 e. The first kappa shape index (κ1) is 15.4. The Balaban J connectivity index is 1.31. The highest BCUT2D eigenvalue weighted by Gasteiger charge is 2.24. The van der Waals surface area contributed by atoms with E-state index in [-0.39, 0.29) is 5.91 Å². The van der Waals surface area contributed by atoms with E-state index >= 15 is 0 Å². The van der Waals surface area contributed by atoms with Crippen molar-refractivity contribution in [1.29, 1.82) is 0 Å². The minimum absolute atomic E-state index is 0.181. The third-order valence-corrected chi connectivity index (χ3v) is 5.23. The summed E-state index contributed by atoms with van der Waals surface area (Å²) in [5, 5.41) is 12.0. The summed E-state index contributed by atoms with van der Waals surface area (Å²) in [6, 6.07) is 9.64. The van der Waals surface area contributed by atoms with Crippen molar-refractivity contribution in [1.82, 2.24) is 15.4 Å². The van der Waals surface area contributed by atoms with Gasteiger partial charge in [0.15, 0.2) is 0 Å². The van der Waals surface area contributed by atoms with Crippen LogP contribution in [0.25, 0.3) is 10.9 Å². The van der Waals surface area contributed by atoms with E-state index in [0.29, 0.717) is 23.7 Å². The number of benzene rings is 1. The quantitative estimate of drug-likeness (QED) is 0.774. The highest BCUT2D eigenvalue weighted by Crippen LogP contribution is 2.20. The molecular weight excluding hydrogens is 322 g/mol. The number of likely N-dealkylation sites (tertiary alicyclic amines) is 1. The van der Waals surface area contributed by atoms with E-state index < -0.39 is 0 Å². The van der Waals surface area contributed by atoms with Crippen molar-refractivity contribution in [3.05, 3.63) is 52.4 Å². The number of carbonyl (C=O) groups excluding carboxylic acids is 1. The summed E-state index contributed by atoms with van der Waals surface area (Å²) in [6.07, 6.45) is 1.11. The molecule has 5 nitrogen and oxygen atoms in total. The molecule has 1 aliphatic rings. The van der Waals surface area contributed by atoms with E-state index in [0.717, 1.165) is 31.4 Å². The maximum atomic E-state index is 12.4. The highest BCUT2D eigenvalue weighted by atomic mass is 32.1. The number of thiophene rings is 1. The van der Waals surface area contributed by atoms with Crippen molar-refractivity contribution in [2.75, 3.05) is 19.6 Å². The molecule has 1 unspecified atom stereocenters. The molecule has 1 N–H and O–H groups in total. The number of nitrogens with one attached hydrogen (secondary N) is 1. The predicted octanol–water partition coefficient (Wildman–Crippen LogP) is 3.14. The molecule has 0 saturated carbocycles. The first-order valence-corrected chi connectivity index (χ1v) is 9.10. The molecule has 4 rings (SSSR count). The van der Waals surface area contributed by atoms with E-state index in [9.17, 15) is 4.79 Å². The molecule has 124 valence electrons. The number of nitrogens with zero attached hydrogens (tertiary/aromatic N) is 2. The maximum absolute atomic E-state index is 12.4. The number of hydrogen-bond donors (Lipinski definition) is 1. The van der Waals surface area contributed by atoms with Crippen LogP contribution in [0.5, 0.6) is 0 Å². The zero-order chi connectivity index (χ0) is 16.4. The molecule has 3 aromatic rings. The molecule has 0 radical (unpaired) electrons. The molecule has 2 aromatic heterocycles. The third-order valence-electron chi connectivity index (χ3n) is 4.50. The molecule has 3 heterocycles. The van der Waals surface area contributed by atoms with Crippen LogP contribution in [0, 0.1) is 5.92 Å². The van der Waals surface area contributed by atoms with Gasteiger partial charge in [-0.05, 0) is 53.4 Å². The standard InChI is InChI=1S/C18H19N3O2S/c22-18(17-15-3-1-2-4-16(15)20-23-17)19-9-13-5-7-21(10-13)11-14-6-8-24-12-14/h1-4,6,8,12-13H,5,7,9-11H2,(H,19,22). The lowest BCUT2D eigenvalue weighted by molar-refractivity contribution is 0.0913. The lowest BCUT2D eigenvalue weighted by Crippen LogP contribution is -2.30. The van der Waals surface area contributed by atoms with Crippen LogP contribution in [-0.2, 0) is 6.54 Å². The van der Waals surface area contributed by atoms with Gasteiger partial charge in [0.1, 0.15) is 5.52 Å². The molecule has 0 bridgehead atoms. The van der Waals surface area contributed by atoms with E-state index in [4.69, 9.17) is 4.52 Å². The maximum Gasteiger partial charge on any atom is 0.290 e. The number of amides is 1. The zero-order valence-electron chi connectivity index (χ0n) is 13.3. The molecule has 1 saturated heterocycles. The minimum Gasteiger partial charge on any atom is -0.350 e. The smallest absolute Gasteiger partial charge is 0.290 e. The van der Waals surface area contributed by atoms with Crippen LogP contribution >= 0.6 is 11.3 Å². The second-order valence-electron chi connectivity index (χ2n) is 6.26. The molecule has 0 spiro atoms. The van der Waals surface area contributed by atoms with Crippen LogP contribution < -0.4 is 5.32 Å². The Kier molecular flexibility index (Phi) is 4.32. The van der Waals surface area contributed by atoms with Gasteiger partial charge in [0.05, 0.1) is 5.39 Å². The van der Waals surface area contributed by atoms with Gasteiger partial charge in [0, 0.05) is 19.6 Å². The lowest BCUT2D eigenvalue weighted by atomic mass is 10.1. The van der Waals surface area contributed by atoms with Gasteiger partial charge in [-0.25, -0.2) is 0 Å². The molecule has 1 aliphatic heterocycles. The molecule has 1 atom stereocenters. The second-order valence-corrected chi connectivity index (χ2v) is 7.04. The first-order chi connectivity index (χ1) is 11.8. The fourth-order valence-corrected chi connectivity index (χ4v) is 3.89. The number of hydrogen-bond acceptors (Lipinski definition) is 5. The number of rotatable bonds is 5. The van der Waals surface area contributed by atoms with Gasteiger partial charge in [-0.1, -0.05) is 17.3 Å². The average molecular weight is 341 g/mol. The van der Waals surface area contributed by atoms with Crippen molar-refractivity contribution in [3.63, 3.8) is 0 Å². The summed E-state index contributed by atoms with van der Waals surface area (Å²) in [4.78, 5) is 14.8. The zero-order valence-corrected chi connectivity index (χ0v) is 14.1. The molecule has 6 heteroatoms. The Morgan fingerprint density at radius 1 is 1.38 bits per heavy atom. The average Bonchev–Trinajstić information content (AvgIpc) is 3.34. The van der Waals surface area contributed by atoms with Crippen molar-refractivity contribution in [2.45, 2.75) is 13.0 Å². The summed E-state index contributed by atoms with van der Waals surface area (Å²) in [5.41, 5.74) is 2.09. The van der Waals surface area contributed by atoms with E-state index in [2.05, 4.69) is 32.2 Å². The van der Waals surface area contributed by atoms with Crippen LogP contribution in [0.1, 0.15) is 22.5 Å². The lowest BCUT2D eigenvalue weighted by Gasteiger charge is -2.15. The SMILES string of the molecule is O=C(NCC1CCN(Cc2ccsc2)C1)c1onc2ccccc12. The van der Waals surface area contributed by atoms with Gasteiger partial charge in [-0.2, -0.15) is 11.3 Å². The Hall–Kier alpha value is -2.18. The van der Waals surface area contributed by atoms with Crippen molar-refractivity contribution in [3.8, 4) is 0 Å². The number of aromatic nitrogens is 1. The van der Waals surface area contributed by atoms with Gasteiger partial charge in [-0.3, -0.25) is 9.69 Å². The highest BCUT2D eigenvalue weighted by molar-refractivity contribution is 7.07. The van der Waals surface area contributed by atoms with Gasteiger partial charge in [0.25, 0.3) is 5.91 Å². The number of carbonyl (C=O) groups is 1. The van der Waals surface area contributed by atoms with Gasteiger partial charge >= 0.3 is 0 Å². The fraction of sp³-hybridized carbons (Fsp3) is 0.333. The predicted molar refractivity (Wildman–Crippen MR) is 94.0 cm³/mol. The molecular formula is C18H19N3O2S. The molecule has 1 aromatic carbocycles. The first-order valence-electron chi connectivity index (χ1n) is 8.15. The van der Waals surface area contributed by atoms with Gasteiger partial charge in [-0.15, -0.1) is 0 Å². The summed E-state index contributed by atoms with van der Waals surface area (Å²) < 4.78 is 5.21. The normalized spacial score (nSPS) is 18.2.